The van der Waals surface area contributed by atoms with Crippen molar-refractivity contribution < 1.29 is 0 Å². The van der Waals surface area contributed by atoms with E-state index in [-0.39, 0.29) is 0 Å². The summed E-state index contributed by atoms with van der Waals surface area (Å²) in [6.45, 7) is 0. The highest BCUT2D eigenvalue weighted by atomic mass is 14.9. The van der Waals surface area contributed by atoms with Gasteiger partial charge < -0.3 is 4.98 Å². The van der Waals surface area contributed by atoms with Crippen LogP contribution in [0.5, 0.6) is 0 Å². The molecule has 3 rings (SSSR count). The average Bonchev–Trinajstić information content (AvgIpc) is 2.74. The number of rotatable bonds is 1. The van der Waals surface area contributed by atoms with Crippen molar-refractivity contribution in [2.75, 3.05) is 0 Å². The normalized spacial score (nSPS) is 10.7. The zero-order valence-corrected chi connectivity index (χ0v) is 8.07. The molecule has 2 nitrogen and oxygen atoms in total. The van der Waals surface area contributed by atoms with Gasteiger partial charge in [-0.2, -0.15) is 0 Å². The monoisotopic (exact) mass is 193 g/mol. The fourth-order valence-electron chi connectivity index (χ4n) is 1.62. The lowest BCUT2D eigenvalue weighted by Gasteiger charge is -2.02. The quantitative estimate of drug-likeness (QED) is 0.591. The Balaban J connectivity index is 2.21. The van der Waals surface area contributed by atoms with E-state index >= 15 is 0 Å². The first-order valence-corrected chi connectivity index (χ1v) is 4.85. The van der Waals surface area contributed by atoms with E-state index in [9.17, 15) is 0 Å². The van der Waals surface area contributed by atoms with Crippen LogP contribution in [-0.2, 0) is 0 Å². The summed E-state index contributed by atoms with van der Waals surface area (Å²) in [5.41, 5.74) is 3.04. The molecule has 0 aliphatic carbocycles. The molecule has 72 valence electrons. The SMILES string of the molecule is [c-]1ccccc1-c1nc2ccccc2[nH]1. The van der Waals surface area contributed by atoms with Crippen molar-refractivity contribution in [3.63, 3.8) is 0 Å². The number of hydrogen-bond acceptors (Lipinski definition) is 1. The van der Waals surface area contributed by atoms with Gasteiger partial charge in [0.2, 0.25) is 0 Å². The van der Waals surface area contributed by atoms with Crippen LogP contribution >= 0.6 is 0 Å². The first-order chi connectivity index (χ1) is 7.43. The minimum absolute atomic E-state index is 0.872. The molecular weight excluding hydrogens is 184 g/mol. The number of hydrogen-bond donors (Lipinski definition) is 1. The fourth-order valence-corrected chi connectivity index (χ4v) is 1.62. The predicted molar refractivity (Wildman–Crippen MR) is 60.4 cm³/mol. The second-order valence-electron chi connectivity index (χ2n) is 3.38. The molecule has 0 amide bonds. The Kier molecular flexibility index (Phi) is 1.78. The van der Waals surface area contributed by atoms with E-state index in [0.29, 0.717) is 0 Å². The van der Waals surface area contributed by atoms with Crippen molar-refractivity contribution in [3.05, 3.63) is 54.6 Å². The van der Waals surface area contributed by atoms with Gasteiger partial charge in [-0.05, 0) is 12.1 Å². The number of H-pyrrole nitrogens is 1. The molecule has 0 aliphatic rings. The molecule has 0 fully saturated rings. The van der Waals surface area contributed by atoms with Crippen LogP contribution in [0.1, 0.15) is 0 Å². The standard InChI is InChI=1S/C13H9N2/c1-2-6-10(7-3-1)13-14-11-8-4-5-9-12(11)15-13/h1-6,8-9H,(H,14,15)/q-1. The summed E-state index contributed by atoms with van der Waals surface area (Å²) < 4.78 is 0. The number of imidazole rings is 1. The largest absolute Gasteiger partial charge is 0.378 e. The van der Waals surface area contributed by atoms with E-state index in [1.54, 1.807) is 0 Å². The van der Waals surface area contributed by atoms with Crippen molar-refractivity contribution in [2.24, 2.45) is 0 Å². The van der Waals surface area contributed by atoms with Gasteiger partial charge in [-0.25, -0.2) is 0 Å². The minimum Gasteiger partial charge on any atom is -0.378 e. The third-order valence-electron chi connectivity index (χ3n) is 2.35. The highest BCUT2D eigenvalue weighted by Gasteiger charge is 1.97. The molecule has 0 saturated heterocycles. The van der Waals surface area contributed by atoms with Gasteiger partial charge in [-0.1, -0.05) is 12.1 Å². The molecule has 0 aliphatic heterocycles. The number of nitrogens with one attached hydrogen (secondary N) is 1. The van der Waals surface area contributed by atoms with Crippen molar-refractivity contribution >= 4 is 11.0 Å². The summed E-state index contributed by atoms with van der Waals surface area (Å²) in [4.78, 5) is 7.77. The summed E-state index contributed by atoms with van der Waals surface area (Å²) in [7, 11) is 0. The van der Waals surface area contributed by atoms with Gasteiger partial charge in [-0.15, -0.1) is 35.9 Å². The molecule has 0 atom stereocenters. The number of aromatic amines is 1. The van der Waals surface area contributed by atoms with E-state index in [1.165, 1.54) is 0 Å². The van der Waals surface area contributed by atoms with E-state index in [1.807, 2.05) is 48.5 Å². The van der Waals surface area contributed by atoms with Crippen molar-refractivity contribution in [1.29, 1.82) is 0 Å². The Morgan fingerprint density at radius 1 is 1.00 bits per heavy atom. The highest BCUT2D eigenvalue weighted by Crippen LogP contribution is 2.18. The molecule has 15 heavy (non-hydrogen) atoms. The van der Waals surface area contributed by atoms with Crippen LogP contribution in [0.25, 0.3) is 22.4 Å². The van der Waals surface area contributed by atoms with Gasteiger partial charge >= 0.3 is 0 Å². The topological polar surface area (TPSA) is 28.7 Å². The second kappa shape index (κ2) is 3.24. The molecule has 2 heteroatoms. The van der Waals surface area contributed by atoms with Crippen LogP contribution in [0.2, 0.25) is 0 Å². The predicted octanol–water partition coefficient (Wildman–Crippen LogP) is 3.03. The van der Waals surface area contributed by atoms with Crippen molar-refractivity contribution in [1.82, 2.24) is 9.97 Å². The Morgan fingerprint density at radius 2 is 1.87 bits per heavy atom. The number of nitrogens with zero attached hydrogens (tertiary/aromatic N) is 1. The second-order valence-corrected chi connectivity index (χ2v) is 3.38. The first kappa shape index (κ1) is 8.24. The maximum atomic E-state index is 4.50. The molecule has 0 unspecified atom stereocenters. The molecule has 1 heterocycles. The molecule has 3 aromatic rings. The third kappa shape index (κ3) is 1.40. The molecule has 1 N–H and O–H groups in total. The van der Waals surface area contributed by atoms with Crippen molar-refractivity contribution in [3.8, 4) is 11.4 Å². The summed E-state index contributed by atoms with van der Waals surface area (Å²) in [6, 6.07) is 19.0. The van der Waals surface area contributed by atoms with E-state index in [4.69, 9.17) is 0 Å². The third-order valence-corrected chi connectivity index (χ3v) is 2.35. The van der Waals surface area contributed by atoms with Crippen molar-refractivity contribution in [2.45, 2.75) is 0 Å². The number of benzene rings is 2. The van der Waals surface area contributed by atoms with Gasteiger partial charge in [0.15, 0.2) is 0 Å². The lowest BCUT2D eigenvalue weighted by atomic mass is 10.2. The molecule has 0 spiro atoms. The molecular formula is C13H9N2-. The van der Waals surface area contributed by atoms with Crippen LogP contribution in [0.4, 0.5) is 0 Å². The van der Waals surface area contributed by atoms with Crippen LogP contribution in [0, 0.1) is 6.07 Å². The van der Waals surface area contributed by atoms with E-state index in [2.05, 4.69) is 16.0 Å². The summed E-state index contributed by atoms with van der Waals surface area (Å²) in [6.07, 6.45) is 0. The average molecular weight is 193 g/mol. The van der Waals surface area contributed by atoms with Gasteiger partial charge in [-0.3, -0.25) is 4.98 Å². The Hall–Kier alpha value is -2.09. The summed E-state index contributed by atoms with van der Waals surface area (Å²) in [5, 5.41) is 0. The lowest BCUT2D eigenvalue weighted by molar-refractivity contribution is 1.33. The fraction of sp³-hybridized carbons (Fsp3) is 0. The molecule has 2 aromatic carbocycles. The smallest absolute Gasteiger partial charge is 0.0768 e. The Labute approximate surface area is 87.6 Å². The highest BCUT2D eigenvalue weighted by molar-refractivity contribution is 5.78. The van der Waals surface area contributed by atoms with Crippen LogP contribution < -0.4 is 0 Å². The van der Waals surface area contributed by atoms with Gasteiger partial charge in [0, 0.05) is 0 Å². The zero-order chi connectivity index (χ0) is 10.1. The Bertz CT molecular complexity index is 549. The van der Waals surface area contributed by atoms with Gasteiger partial charge in [0.05, 0.1) is 16.9 Å². The molecule has 0 bridgehead atoms. The minimum atomic E-state index is 0.872. The van der Waals surface area contributed by atoms with E-state index in [0.717, 1.165) is 22.4 Å². The molecule has 0 saturated carbocycles. The van der Waals surface area contributed by atoms with Crippen LogP contribution in [0.15, 0.2) is 48.5 Å². The summed E-state index contributed by atoms with van der Waals surface area (Å²) >= 11 is 0. The van der Waals surface area contributed by atoms with E-state index < -0.39 is 0 Å². The van der Waals surface area contributed by atoms with Gasteiger partial charge in [0.1, 0.15) is 0 Å². The van der Waals surface area contributed by atoms with Crippen LogP contribution in [-0.4, -0.2) is 9.97 Å². The maximum absolute atomic E-state index is 4.50. The molecule has 1 aromatic heterocycles. The molecule has 0 radical (unpaired) electrons. The van der Waals surface area contributed by atoms with Gasteiger partial charge in [0.25, 0.3) is 0 Å². The number of aromatic nitrogens is 2. The maximum Gasteiger partial charge on any atom is 0.0768 e. The lowest BCUT2D eigenvalue weighted by Crippen LogP contribution is -1.78. The zero-order valence-electron chi connectivity index (χ0n) is 8.07. The summed E-state index contributed by atoms with van der Waals surface area (Å²) in [5.74, 6) is 0.872. The first-order valence-electron chi connectivity index (χ1n) is 4.85. The number of fused-ring (bicyclic) bond motifs is 1. The Morgan fingerprint density at radius 3 is 2.67 bits per heavy atom. The van der Waals surface area contributed by atoms with Crippen LogP contribution in [0.3, 0.4) is 0 Å². The number of para-hydroxylation sites is 2.